The summed E-state index contributed by atoms with van der Waals surface area (Å²) in [6.07, 6.45) is 1.75. The Balaban J connectivity index is 1.72. The van der Waals surface area contributed by atoms with Crippen molar-refractivity contribution < 1.29 is 9.53 Å². The minimum Gasteiger partial charge on any atom is -0.402 e. The Morgan fingerprint density at radius 1 is 0.826 bits per heavy atom. The molecule has 0 spiro atoms. The SMILES string of the molecule is O=C1OC(c2ccccc2)=N/C1=C\c1ccc2ccccc2c1. The summed E-state index contributed by atoms with van der Waals surface area (Å²) in [4.78, 5) is 16.3. The molecule has 4 rings (SSSR count). The molecule has 1 aliphatic rings. The molecular weight excluding hydrogens is 286 g/mol. The number of benzene rings is 3. The highest BCUT2D eigenvalue weighted by atomic mass is 16.6. The molecule has 3 heteroatoms. The minimum atomic E-state index is -0.419. The standard InChI is InChI=1S/C20H13NO2/c22-20-18(21-19(23-20)16-7-2-1-3-8-16)13-14-10-11-15-6-4-5-9-17(15)12-14/h1-13H/b18-13-. The van der Waals surface area contributed by atoms with Gasteiger partial charge in [-0.1, -0.05) is 54.6 Å². The van der Waals surface area contributed by atoms with Gasteiger partial charge in [0.25, 0.3) is 0 Å². The Bertz CT molecular complexity index is 956. The Morgan fingerprint density at radius 2 is 1.57 bits per heavy atom. The van der Waals surface area contributed by atoms with Crippen LogP contribution in [0.4, 0.5) is 0 Å². The van der Waals surface area contributed by atoms with Crippen LogP contribution in [0, 0.1) is 0 Å². The molecule has 0 aliphatic carbocycles. The van der Waals surface area contributed by atoms with Gasteiger partial charge < -0.3 is 4.74 Å². The van der Waals surface area contributed by atoms with Crippen LogP contribution in [-0.4, -0.2) is 11.9 Å². The molecule has 0 saturated heterocycles. The zero-order valence-electron chi connectivity index (χ0n) is 12.3. The minimum absolute atomic E-state index is 0.319. The second-order valence-electron chi connectivity index (χ2n) is 5.31. The molecule has 23 heavy (non-hydrogen) atoms. The fourth-order valence-electron chi connectivity index (χ4n) is 2.57. The number of nitrogens with zero attached hydrogens (tertiary/aromatic N) is 1. The molecule has 1 aliphatic heterocycles. The summed E-state index contributed by atoms with van der Waals surface area (Å²) >= 11 is 0. The molecule has 0 saturated carbocycles. The molecule has 0 fully saturated rings. The van der Waals surface area contributed by atoms with Crippen LogP contribution in [0.25, 0.3) is 16.8 Å². The molecule has 0 unspecified atom stereocenters. The normalized spacial score (nSPS) is 15.7. The number of fused-ring (bicyclic) bond motifs is 1. The van der Waals surface area contributed by atoms with Crippen LogP contribution in [0.2, 0.25) is 0 Å². The highest BCUT2D eigenvalue weighted by molar-refractivity contribution is 6.12. The molecule has 0 bridgehead atoms. The number of ether oxygens (including phenoxy) is 1. The van der Waals surface area contributed by atoms with Crippen LogP contribution in [0.15, 0.2) is 83.5 Å². The molecule has 3 aromatic carbocycles. The Kier molecular flexibility index (Phi) is 3.24. The first-order chi connectivity index (χ1) is 11.3. The molecule has 0 radical (unpaired) electrons. The van der Waals surface area contributed by atoms with Crippen LogP contribution < -0.4 is 0 Å². The van der Waals surface area contributed by atoms with Crippen LogP contribution >= 0.6 is 0 Å². The van der Waals surface area contributed by atoms with Crippen molar-refractivity contribution in [3.8, 4) is 0 Å². The number of aliphatic imine (C=N–C) groups is 1. The van der Waals surface area contributed by atoms with E-state index in [-0.39, 0.29) is 0 Å². The van der Waals surface area contributed by atoms with Gasteiger partial charge in [0.15, 0.2) is 5.70 Å². The lowest BCUT2D eigenvalue weighted by Gasteiger charge is -1.99. The lowest BCUT2D eigenvalue weighted by molar-refractivity contribution is -0.129. The molecule has 1 heterocycles. The Labute approximate surface area is 133 Å². The maximum absolute atomic E-state index is 12.0. The van der Waals surface area contributed by atoms with Crippen LogP contribution in [-0.2, 0) is 9.53 Å². The van der Waals surface area contributed by atoms with E-state index >= 15 is 0 Å². The van der Waals surface area contributed by atoms with Crippen molar-refractivity contribution in [3.63, 3.8) is 0 Å². The van der Waals surface area contributed by atoms with E-state index in [0.29, 0.717) is 11.6 Å². The first-order valence-corrected chi connectivity index (χ1v) is 7.36. The predicted octanol–water partition coefficient (Wildman–Crippen LogP) is 4.18. The average molecular weight is 299 g/mol. The van der Waals surface area contributed by atoms with Crippen molar-refractivity contribution in [2.75, 3.05) is 0 Å². The number of hydrogen-bond donors (Lipinski definition) is 0. The van der Waals surface area contributed by atoms with Crippen molar-refractivity contribution >= 4 is 28.7 Å². The number of rotatable bonds is 2. The zero-order chi connectivity index (χ0) is 15.6. The monoisotopic (exact) mass is 299 g/mol. The van der Waals surface area contributed by atoms with E-state index < -0.39 is 5.97 Å². The summed E-state index contributed by atoms with van der Waals surface area (Å²) in [6.45, 7) is 0. The largest absolute Gasteiger partial charge is 0.402 e. The van der Waals surface area contributed by atoms with Gasteiger partial charge in [0, 0.05) is 5.56 Å². The van der Waals surface area contributed by atoms with Gasteiger partial charge in [-0.3, -0.25) is 0 Å². The fraction of sp³-hybridized carbons (Fsp3) is 0. The van der Waals surface area contributed by atoms with Gasteiger partial charge in [-0.05, 0) is 40.6 Å². The highest BCUT2D eigenvalue weighted by Crippen LogP contribution is 2.21. The summed E-state index contributed by atoms with van der Waals surface area (Å²) in [5, 5.41) is 2.29. The lowest BCUT2D eigenvalue weighted by atomic mass is 10.1. The summed E-state index contributed by atoms with van der Waals surface area (Å²) < 4.78 is 5.26. The molecule has 0 atom stereocenters. The van der Waals surface area contributed by atoms with Gasteiger partial charge in [0.2, 0.25) is 5.90 Å². The van der Waals surface area contributed by atoms with E-state index in [1.807, 2.05) is 66.7 Å². The number of carbonyl (C=O) groups is 1. The molecule has 0 aromatic heterocycles. The molecule has 110 valence electrons. The number of carbonyl (C=O) groups excluding carboxylic acids is 1. The summed E-state index contributed by atoms with van der Waals surface area (Å²) in [5.41, 5.74) is 2.04. The van der Waals surface area contributed by atoms with Crippen molar-refractivity contribution in [1.29, 1.82) is 0 Å². The smallest absolute Gasteiger partial charge is 0.363 e. The maximum atomic E-state index is 12.0. The second kappa shape index (κ2) is 5.54. The van der Waals surface area contributed by atoms with E-state index in [2.05, 4.69) is 11.1 Å². The van der Waals surface area contributed by atoms with Crippen molar-refractivity contribution in [2.24, 2.45) is 4.99 Å². The quantitative estimate of drug-likeness (QED) is 0.526. The third kappa shape index (κ3) is 2.64. The lowest BCUT2D eigenvalue weighted by Crippen LogP contribution is -2.04. The zero-order valence-corrected chi connectivity index (χ0v) is 12.3. The van der Waals surface area contributed by atoms with E-state index in [1.165, 1.54) is 0 Å². The maximum Gasteiger partial charge on any atom is 0.363 e. The Morgan fingerprint density at radius 3 is 2.39 bits per heavy atom. The van der Waals surface area contributed by atoms with E-state index in [0.717, 1.165) is 21.9 Å². The summed E-state index contributed by atoms with van der Waals surface area (Å²) in [7, 11) is 0. The number of esters is 1. The molecular formula is C20H13NO2. The average Bonchev–Trinajstić information content (AvgIpc) is 2.96. The van der Waals surface area contributed by atoms with Gasteiger partial charge in [-0.2, -0.15) is 0 Å². The van der Waals surface area contributed by atoms with E-state index in [9.17, 15) is 4.79 Å². The van der Waals surface area contributed by atoms with Gasteiger partial charge >= 0.3 is 5.97 Å². The van der Waals surface area contributed by atoms with Gasteiger partial charge in [0.1, 0.15) is 0 Å². The number of hydrogen-bond acceptors (Lipinski definition) is 3. The topological polar surface area (TPSA) is 38.7 Å². The third-order valence-corrected chi connectivity index (χ3v) is 3.72. The van der Waals surface area contributed by atoms with Gasteiger partial charge in [-0.25, -0.2) is 9.79 Å². The van der Waals surface area contributed by atoms with Crippen molar-refractivity contribution in [3.05, 3.63) is 89.6 Å². The molecule has 0 amide bonds. The van der Waals surface area contributed by atoms with E-state index in [4.69, 9.17) is 4.74 Å². The fourth-order valence-corrected chi connectivity index (χ4v) is 2.57. The van der Waals surface area contributed by atoms with Crippen LogP contribution in [0.1, 0.15) is 11.1 Å². The highest BCUT2D eigenvalue weighted by Gasteiger charge is 2.23. The predicted molar refractivity (Wildman–Crippen MR) is 91.0 cm³/mol. The summed E-state index contributed by atoms with van der Waals surface area (Å²) in [5.74, 6) is -0.0698. The van der Waals surface area contributed by atoms with Crippen molar-refractivity contribution in [1.82, 2.24) is 0 Å². The number of cyclic esters (lactones) is 1. The van der Waals surface area contributed by atoms with Crippen molar-refractivity contribution in [2.45, 2.75) is 0 Å². The first-order valence-electron chi connectivity index (χ1n) is 7.36. The molecule has 0 N–H and O–H groups in total. The summed E-state index contributed by atoms with van der Waals surface area (Å²) in [6, 6.07) is 23.6. The van der Waals surface area contributed by atoms with Gasteiger partial charge in [0.05, 0.1) is 0 Å². The van der Waals surface area contributed by atoms with Crippen LogP contribution in [0.5, 0.6) is 0 Å². The van der Waals surface area contributed by atoms with Gasteiger partial charge in [-0.15, -0.1) is 0 Å². The van der Waals surface area contributed by atoms with Crippen LogP contribution in [0.3, 0.4) is 0 Å². The third-order valence-electron chi connectivity index (χ3n) is 3.72. The Hall–Kier alpha value is -3.20. The first kappa shape index (κ1) is 13.5. The van der Waals surface area contributed by atoms with E-state index in [1.54, 1.807) is 6.08 Å². The molecule has 3 aromatic rings. The molecule has 3 nitrogen and oxygen atoms in total. The second-order valence-corrected chi connectivity index (χ2v) is 5.31.